The number of methoxy groups -OCH3 is 1. The largest absolute Gasteiger partial charge is 0.497 e. The van der Waals surface area contributed by atoms with E-state index < -0.39 is 0 Å². The number of nitrogens with one attached hydrogen (secondary N) is 1. The first kappa shape index (κ1) is 15.7. The van der Waals surface area contributed by atoms with E-state index in [0.717, 1.165) is 43.4 Å². The Morgan fingerprint density at radius 3 is 2.57 bits per heavy atom. The number of piperidine rings is 1. The molecule has 0 bridgehead atoms. The van der Waals surface area contributed by atoms with Gasteiger partial charge in [0.25, 0.3) is 0 Å². The lowest BCUT2D eigenvalue weighted by Crippen LogP contribution is -2.30. The van der Waals surface area contributed by atoms with Crippen molar-refractivity contribution >= 4 is 5.82 Å². The van der Waals surface area contributed by atoms with Crippen molar-refractivity contribution in [3.8, 4) is 5.75 Å². The summed E-state index contributed by atoms with van der Waals surface area (Å²) in [7, 11) is 1.68. The van der Waals surface area contributed by atoms with Crippen molar-refractivity contribution in [2.75, 3.05) is 25.1 Å². The SMILES string of the molecule is COc1ccc(CNCc2cncc(N3CCCCC3)n2)cc1. The van der Waals surface area contributed by atoms with Crippen LogP contribution in [0.1, 0.15) is 30.5 Å². The summed E-state index contributed by atoms with van der Waals surface area (Å²) in [6.07, 6.45) is 7.54. The van der Waals surface area contributed by atoms with Crippen LogP contribution in [0.5, 0.6) is 5.75 Å². The van der Waals surface area contributed by atoms with Gasteiger partial charge in [-0.1, -0.05) is 12.1 Å². The average Bonchev–Trinajstić information content (AvgIpc) is 2.63. The molecule has 0 amide bonds. The van der Waals surface area contributed by atoms with Gasteiger partial charge in [-0.2, -0.15) is 0 Å². The van der Waals surface area contributed by atoms with Crippen molar-refractivity contribution in [2.24, 2.45) is 0 Å². The van der Waals surface area contributed by atoms with E-state index in [-0.39, 0.29) is 0 Å². The Balaban J connectivity index is 1.53. The molecule has 0 spiro atoms. The first-order valence-electron chi connectivity index (χ1n) is 8.24. The first-order valence-corrected chi connectivity index (χ1v) is 8.24. The zero-order chi connectivity index (χ0) is 15.9. The Labute approximate surface area is 137 Å². The van der Waals surface area contributed by atoms with Crippen LogP contribution in [0.3, 0.4) is 0 Å². The number of nitrogens with zero attached hydrogens (tertiary/aromatic N) is 3. The molecule has 1 aliphatic heterocycles. The monoisotopic (exact) mass is 312 g/mol. The van der Waals surface area contributed by atoms with E-state index in [1.807, 2.05) is 24.5 Å². The molecule has 1 fully saturated rings. The van der Waals surface area contributed by atoms with E-state index >= 15 is 0 Å². The molecular weight excluding hydrogens is 288 g/mol. The number of anilines is 1. The summed E-state index contributed by atoms with van der Waals surface area (Å²) in [5.41, 5.74) is 2.22. The molecule has 122 valence electrons. The Morgan fingerprint density at radius 2 is 1.83 bits per heavy atom. The van der Waals surface area contributed by atoms with Crippen LogP contribution in [-0.2, 0) is 13.1 Å². The lowest BCUT2D eigenvalue weighted by Gasteiger charge is -2.27. The predicted octanol–water partition coefficient (Wildman–Crippen LogP) is 2.77. The quantitative estimate of drug-likeness (QED) is 0.889. The van der Waals surface area contributed by atoms with E-state index in [2.05, 4.69) is 27.3 Å². The maximum atomic E-state index is 5.17. The molecule has 5 heteroatoms. The summed E-state index contributed by atoms with van der Waals surface area (Å²) in [6, 6.07) is 8.10. The molecule has 2 heterocycles. The first-order chi connectivity index (χ1) is 11.3. The van der Waals surface area contributed by atoms with Gasteiger partial charge in [-0.25, -0.2) is 4.98 Å². The molecule has 1 N–H and O–H groups in total. The van der Waals surface area contributed by atoms with Crippen LogP contribution in [-0.4, -0.2) is 30.2 Å². The maximum absolute atomic E-state index is 5.17. The van der Waals surface area contributed by atoms with E-state index in [1.165, 1.54) is 24.8 Å². The third kappa shape index (κ3) is 4.42. The lowest BCUT2D eigenvalue weighted by molar-refractivity contribution is 0.414. The number of benzene rings is 1. The van der Waals surface area contributed by atoms with Gasteiger partial charge in [0, 0.05) is 32.4 Å². The molecule has 0 saturated carbocycles. The third-order valence-electron chi connectivity index (χ3n) is 4.15. The van der Waals surface area contributed by atoms with Crippen molar-refractivity contribution in [1.82, 2.24) is 15.3 Å². The molecule has 1 aliphatic rings. The average molecular weight is 312 g/mol. The number of ether oxygens (including phenoxy) is 1. The highest BCUT2D eigenvalue weighted by atomic mass is 16.5. The fourth-order valence-corrected chi connectivity index (χ4v) is 2.83. The minimum atomic E-state index is 0.723. The van der Waals surface area contributed by atoms with E-state index in [9.17, 15) is 0 Å². The van der Waals surface area contributed by atoms with Crippen LogP contribution in [0.15, 0.2) is 36.7 Å². The van der Waals surface area contributed by atoms with Crippen molar-refractivity contribution in [1.29, 1.82) is 0 Å². The van der Waals surface area contributed by atoms with Gasteiger partial charge in [-0.05, 0) is 37.0 Å². The van der Waals surface area contributed by atoms with Gasteiger partial charge < -0.3 is 15.0 Å². The normalized spacial score (nSPS) is 14.7. The second-order valence-corrected chi connectivity index (χ2v) is 5.87. The van der Waals surface area contributed by atoms with Crippen LogP contribution < -0.4 is 15.0 Å². The summed E-state index contributed by atoms with van der Waals surface area (Å²) >= 11 is 0. The Bertz CT molecular complexity index is 609. The van der Waals surface area contributed by atoms with Crippen molar-refractivity contribution in [2.45, 2.75) is 32.4 Å². The predicted molar refractivity (Wildman–Crippen MR) is 91.6 cm³/mol. The maximum Gasteiger partial charge on any atom is 0.147 e. The summed E-state index contributed by atoms with van der Waals surface area (Å²) in [4.78, 5) is 11.4. The van der Waals surface area contributed by atoms with Gasteiger partial charge in [0.2, 0.25) is 0 Å². The van der Waals surface area contributed by atoms with E-state index in [4.69, 9.17) is 9.72 Å². The summed E-state index contributed by atoms with van der Waals surface area (Å²) in [5.74, 6) is 1.89. The standard InChI is InChI=1S/C18H24N4O/c1-23-17-7-5-15(6-8-17)11-19-12-16-13-20-14-18(21-16)22-9-3-2-4-10-22/h5-8,13-14,19H,2-4,9-12H2,1H3. The molecular formula is C18H24N4O. The van der Waals surface area contributed by atoms with Crippen molar-refractivity contribution < 1.29 is 4.74 Å². The Morgan fingerprint density at radius 1 is 1.04 bits per heavy atom. The molecule has 1 saturated heterocycles. The summed E-state index contributed by atoms with van der Waals surface area (Å²) < 4.78 is 5.17. The molecule has 0 aliphatic carbocycles. The number of hydrogen-bond acceptors (Lipinski definition) is 5. The fourth-order valence-electron chi connectivity index (χ4n) is 2.83. The Hall–Kier alpha value is -2.14. The highest BCUT2D eigenvalue weighted by Gasteiger charge is 2.12. The van der Waals surface area contributed by atoms with Crippen LogP contribution in [0, 0.1) is 0 Å². The van der Waals surface area contributed by atoms with Crippen molar-refractivity contribution in [3.05, 3.63) is 47.9 Å². The van der Waals surface area contributed by atoms with E-state index in [0.29, 0.717) is 0 Å². The van der Waals surface area contributed by atoms with Gasteiger partial charge in [0.05, 0.1) is 19.0 Å². The van der Waals surface area contributed by atoms with Gasteiger partial charge in [-0.15, -0.1) is 0 Å². The summed E-state index contributed by atoms with van der Waals surface area (Å²) in [6.45, 7) is 3.72. The zero-order valence-corrected chi connectivity index (χ0v) is 13.7. The zero-order valence-electron chi connectivity index (χ0n) is 13.7. The molecule has 23 heavy (non-hydrogen) atoms. The van der Waals surface area contributed by atoms with Gasteiger partial charge >= 0.3 is 0 Å². The van der Waals surface area contributed by atoms with Crippen LogP contribution in [0.2, 0.25) is 0 Å². The molecule has 0 atom stereocenters. The summed E-state index contributed by atoms with van der Waals surface area (Å²) in [5, 5.41) is 3.42. The topological polar surface area (TPSA) is 50.3 Å². The molecule has 0 radical (unpaired) electrons. The number of aromatic nitrogens is 2. The molecule has 1 aromatic heterocycles. The second-order valence-electron chi connectivity index (χ2n) is 5.87. The molecule has 3 rings (SSSR count). The van der Waals surface area contributed by atoms with E-state index in [1.54, 1.807) is 7.11 Å². The van der Waals surface area contributed by atoms with Crippen molar-refractivity contribution in [3.63, 3.8) is 0 Å². The minimum Gasteiger partial charge on any atom is -0.497 e. The molecule has 5 nitrogen and oxygen atoms in total. The second kappa shape index (κ2) is 7.92. The smallest absolute Gasteiger partial charge is 0.147 e. The van der Waals surface area contributed by atoms with Crippen LogP contribution >= 0.6 is 0 Å². The Kier molecular flexibility index (Phi) is 5.42. The van der Waals surface area contributed by atoms with Gasteiger partial charge in [0.1, 0.15) is 11.6 Å². The lowest BCUT2D eigenvalue weighted by atomic mass is 10.1. The van der Waals surface area contributed by atoms with Crippen LogP contribution in [0.25, 0.3) is 0 Å². The molecule has 1 aromatic carbocycles. The number of hydrogen-bond donors (Lipinski definition) is 1. The highest BCUT2D eigenvalue weighted by molar-refractivity contribution is 5.36. The van der Waals surface area contributed by atoms with Crippen LogP contribution in [0.4, 0.5) is 5.82 Å². The third-order valence-corrected chi connectivity index (χ3v) is 4.15. The van der Waals surface area contributed by atoms with Gasteiger partial charge in [0.15, 0.2) is 0 Å². The minimum absolute atomic E-state index is 0.723. The number of rotatable bonds is 6. The molecule has 0 unspecified atom stereocenters. The van der Waals surface area contributed by atoms with Gasteiger partial charge in [-0.3, -0.25) is 4.98 Å². The fraction of sp³-hybridized carbons (Fsp3) is 0.444. The molecule has 2 aromatic rings. The highest BCUT2D eigenvalue weighted by Crippen LogP contribution is 2.16.